The topological polar surface area (TPSA) is 33.5 Å². The Hall–Kier alpha value is -1.41. The number of hydrogen-bond acceptors (Lipinski definition) is 4. The Bertz CT molecular complexity index is 561. The number of nitrogens with zero attached hydrogens (tertiary/aromatic N) is 4. The van der Waals surface area contributed by atoms with E-state index < -0.39 is 0 Å². The van der Waals surface area contributed by atoms with E-state index in [0.717, 1.165) is 50.4 Å². The van der Waals surface area contributed by atoms with Gasteiger partial charge in [0.2, 0.25) is 0 Å². The molecule has 24 heavy (non-hydrogen) atoms. The Morgan fingerprint density at radius 3 is 2.33 bits per heavy atom. The molecular weight excluding hydrogens is 296 g/mol. The van der Waals surface area contributed by atoms with Gasteiger partial charge in [-0.2, -0.15) is 5.26 Å². The summed E-state index contributed by atoms with van der Waals surface area (Å²) in [5.41, 5.74) is 2.02. The Balaban J connectivity index is 1.42. The van der Waals surface area contributed by atoms with E-state index in [4.69, 9.17) is 5.26 Å². The smallest absolute Gasteiger partial charge is 0.0991 e. The van der Waals surface area contributed by atoms with Crippen LogP contribution in [0.2, 0.25) is 0 Å². The zero-order valence-electron chi connectivity index (χ0n) is 15.1. The van der Waals surface area contributed by atoms with E-state index in [-0.39, 0.29) is 0 Å². The van der Waals surface area contributed by atoms with Gasteiger partial charge in [0.15, 0.2) is 0 Å². The van der Waals surface area contributed by atoms with Gasteiger partial charge in [0.25, 0.3) is 0 Å². The highest BCUT2D eigenvalue weighted by Gasteiger charge is 2.27. The van der Waals surface area contributed by atoms with Crippen molar-refractivity contribution < 1.29 is 0 Å². The van der Waals surface area contributed by atoms with Crippen molar-refractivity contribution in [3.63, 3.8) is 0 Å². The SMILES string of the molecule is CC1CCC(C)N1CCN1CCN(Cc2cccc(C#N)c2)CC1. The maximum Gasteiger partial charge on any atom is 0.0991 e. The quantitative estimate of drug-likeness (QED) is 0.833. The molecule has 0 amide bonds. The van der Waals surface area contributed by atoms with Gasteiger partial charge < -0.3 is 0 Å². The number of hydrogen-bond donors (Lipinski definition) is 0. The molecule has 130 valence electrons. The predicted octanol–water partition coefficient (Wildman–Crippen LogP) is 2.55. The van der Waals surface area contributed by atoms with Gasteiger partial charge in [-0.05, 0) is 44.4 Å². The fourth-order valence-electron chi connectivity index (χ4n) is 4.11. The van der Waals surface area contributed by atoms with Gasteiger partial charge in [0.05, 0.1) is 11.6 Å². The molecule has 0 N–H and O–H groups in total. The fraction of sp³-hybridized carbons (Fsp3) is 0.650. The minimum absolute atomic E-state index is 0.758. The molecule has 0 radical (unpaired) electrons. The minimum atomic E-state index is 0.758. The third-order valence-corrected chi connectivity index (χ3v) is 5.74. The summed E-state index contributed by atoms with van der Waals surface area (Å²) in [7, 11) is 0. The van der Waals surface area contributed by atoms with E-state index in [0.29, 0.717) is 0 Å². The van der Waals surface area contributed by atoms with Crippen LogP contribution in [0.5, 0.6) is 0 Å². The summed E-state index contributed by atoms with van der Waals surface area (Å²) in [5, 5.41) is 9.01. The van der Waals surface area contributed by atoms with Crippen LogP contribution in [0, 0.1) is 11.3 Å². The predicted molar refractivity (Wildman–Crippen MR) is 97.7 cm³/mol. The van der Waals surface area contributed by atoms with E-state index >= 15 is 0 Å². The minimum Gasteiger partial charge on any atom is -0.300 e. The molecule has 4 heteroatoms. The van der Waals surface area contributed by atoms with Gasteiger partial charge in [-0.3, -0.25) is 14.7 Å². The maximum absolute atomic E-state index is 9.01. The molecule has 0 spiro atoms. The lowest BCUT2D eigenvalue weighted by atomic mass is 10.1. The third kappa shape index (κ3) is 4.36. The summed E-state index contributed by atoms with van der Waals surface area (Å²) in [6.07, 6.45) is 2.72. The van der Waals surface area contributed by atoms with Crippen LogP contribution in [0.25, 0.3) is 0 Å². The molecule has 0 bridgehead atoms. The number of piperazine rings is 1. The van der Waals surface area contributed by atoms with Crippen LogP contribution in [0.3, 0.4) is 0 Å². The molecule has 1 aromatic carbocycles. The lowest BCUT2D eigenvalue weighted by Gasteiger charge is -2.36. The van der Waals surface area contributed by atoms with Crippen LogP contribution >= 0.6 is 0 Å². The van der Waals surface area contributed by atoms with Crippen molar-refractivity contribution in [1.82, 2.24) is 14.7 Å². The Morgan fingerprint density at radius 2 is 1.67 bits per heavy atom. The molecule has 2 aliphatic heterocycles. The van der Waals surface area contributed by atoms with Crippen molar-refractivity contribution >= 4 is 0 Å². The lowest BCUT2D eigenvalue weighted by Crippen LogP contribution is -2.48. The molecule has 4 nitrogen and oxygen atoms in total. The van der Waals surface area contributed by atoms with E-state index in [1.807, 2.05) is 18.2 Å². The number of likely N-dealkylation sites (tertiary alicyclic amines) is 1. The highest BCUT2D eigenvalue weighted by molar-refractivity contribution is 5.32. The number of rotatable bonds is 5. The van der Waals surface area contributed by atoms with Gasteiger partial charge in [0.1, 0.15) is 0 Å². The molecule has 2 saturated heterocycles. The first-order valence-corrected chi connectivity index (χ1v) is 9.35. The Kier molecular flexibility index (Phi) is 5.89. The summed E-state index contributed by atoms with van der Waals surface area (Å²) in [4.78, 5) is 7.80. The summed E-state index contributed by atoms with van der Waals surface area (Å²) >= 11 is 0. The second-order valence-corrected chi connectivity index (χ2v) is 7.44. The standard InChI is InChI=1S/C20H30N4/c1-17-6-7-18(2)24(17)13-12-22-8-10-23(11-9-22)16-20-5-3-4-19(14-20)15-21/h3-5,14,17-18H,6-13,16H2,1-2H3. The van der Waals surface area contributed by atoms with Crippen molar-refractivity contribution in [2.45, 2.75) is 45.3 Å². The zero-order chi connectivity index (χ0) is 16.9. The van der Waals surface area contributed by atoms with Gasteiger partial charge in [-0.25, -0.2) is 0 Å². The lowest BCUT2D eigenvalue weighted by molar-refractivity contribution is 0.106. The monoisotopic (exact) mass is 326 g/mol. The summed E-state index contributed by atoms with van der Waals surface area (Å²) in [5.74, 6) is 0. The average molecular weight is 326 g/mol. The molecule has 3 rings (SSSR count). The fourth-order valence-corrected chi connectivity index (χ4v) is 4.11. The van der Waals surface area contributed by atoms with Gasteiger partial charge >= 0.3 is 0 Å². The second-order valence-electron chi connectivity index (χ2n) is 7.44. The summed E-state index contributed by atoms with van der Waals surface area (Å²) < 4.78 is 0. The molecular formula is C20H30N4. The summed E-state index contributed by atoms with van der Waals surface area (Å²) in [6.45, 7) is 12.7. The van der Waals surface area contributed by atoms with E-state index in [9.17, 15) is 0 Å². The van der Waals surface area contributed by atoms with Crippen molar-refractivity contribution in [2.24, 2.45) is 0 Å². The second kappa shape index (κ2) is 8.11. The molecule has 2 unspecified atom stereocenters. The van der Waals surface area contributed by atoms with Crippen molar-refractivity contribution in [3.05, 3.63) is 35.4 Å². The number of nitriles is 1. The first-order valence-electron chi connectivity index (χ1n) is 9.35. The Labute approximate surface area is 146 Å². The normalized spacial score (nSPS) is 26.5. The molecule has 0 saturated carbocycles. The Morgan fingerprint density at radius 1 is 1.00 bits per heavy atom. The largest absolute Gasteiger partial charge is 0.300 e. The molecule has 2 heterocycles. The molecule has 2 atom stereocenters. The maximum atomic E-state index is 9.01. The summed E-state index contributed by atoms with van der Waals surface area (Å²) in [6, 6.07) is 11.8. The van der Waals surface area contributed by atoms with Crippen molar-refractivity contribution in [3.8, 4) is 6.07 Å². The third-order valence-electron chi connectivity index (χ3n) is 5.74. The van der Waals surface area contributed by atoms with Crippen LogP contribution < -0.4 is 0 Å². The van der Waals surface area contributed by atoms with Crippen molar-refractivity contribution in [2.75, 3.05) is 39.3 Å². The first-order chi connectivity index (χ1) is 11.7. The van der Waals surface area contributed by atoms with Crippen LogP contribution in [-0.2, 0) is 6.54 Å². The van der Waals surface area contributed by atoms with Crippen LogP contribution in [0.1, 0.15) is 37.8 Å². The molecule has 0 aromatic heterocycles. The average Bonchev–Trinajstić information content (AvgIpc) is 2.93. The first kappa shape index (κ1) is 17.4. The van der Waals surface area contributed by atoms with E-state index in [2.05, 4.69) is 40.7 Å². The van der Waals surface area contributed by atoms with E-state index in [1.165, 1.54) is 31.5 Å². The van der Waals surface area contributed by atoms with Crippen LogP contribution in [0.15, 0.2) is 24.3 Å². The van der Waals surface area contributed by atoms with Gasteiger partial charge in [0, 0.05) is 57.9 Å². The van der Waals surface area contributed by atoms with Crippen LogP contribution in [0.4, 0.5) is 0 Å². The number of benzene rings is 1. The molecule has 2 fully saturated rings. The van der Waals surface area contributed by atoms with Crippen molar-refractivity contribution in [1.29, 1.82) is 5.26 Å². The van der Waals surface area contributed by atoms with Gasteiger partial charge in [-0.15, -0.1) is 0 Å². The zero-order valence-corrected chi connectivity index (χ0v) is 15.1. The highest BCUT2D eigenvalue weighted by atomic mass is 15.3. The van der Waals surface area contributed by atoms with E-state index in [1.54, 1.807) is 0 Å². The molecule has 1 aromatic rings. The molecule has 2 aliphatic rings. The van der Waals surface area contributed by atoms with Gasteiger partial charge in [-0.1, -0.05) is 12.1 Å². The highest BCUT2D eigenvalue weighted by Crippen LogP contribution is 2.23. The van der Waals surface area contributed by atoms with Crippen LogP contribution in [-0.4, -0.2) is 66.1 Å². The molecule has 0 aliphatic carbocycles.